The fourth-order valence-electron chi connectivity index (χ4n) is 1.33. The van der Waals surface area contributed by atoms with Crippen LogP contribution in [0.2, 0.25) is 0 Å². The van der Waals surface area contributed by atoms with Crippen LogP contribution < -0.4 is 4.72 Å². The minimum Gasteiger partial charge on any atom is -0.269 e. The van der Waals surface area contributed by atoms with Crippen LogP contribution in [0.25, 0.3) is 0 Å². The minimum absolute atomic E-state index is 0.207. The SMILES string of the molecule is CC=C(C)C(=O)NS(=O)(=O)N(C)Cc1ccccc1. The molecular formula is C13H18N2O3S. The second-order valence-electron chi connectivity index (χ2n) is 4.15. The zero-order valence-electron chi connectivity index (χ0n) is 11.3. The van der Waals surface area contributed by atoms with Crippen LogP contribution >= 0.6 is 0 Å². The van der Waals surface area contributed by atoms with E-state index < -0.39 is 16.1 Å². The van der Waals surface area contributed by atoms with Crippen LogP contribution in [-0.4, -0.2) is 25.7 Å². The van der Waals surface area contributed by atoms with Crippen LogP contribution in [0.3, 0.4) is 0 Å². The highest BCUT2D eigenvalue weighted by Crippen LogP contribution is 2.06. The van der Waals surface area contributed by atoms with E-state index in [4.69, 9.17) is 0 Å². The lowest BCUT2D eigenvalue weighted by Crippen LogP contribution is -2.41. The Morgan fingerprint density at radius 1 is 1.32 bits per heavy atom. The van der Waals surface area contributed by atoms with Gasteiger partial charge in [0, 0.05) is 19.2 Å². The smallest absolute Gasteiger partial charge is 0.269 e. The first kappa shape index (κ1) is 15.4. The summed E-state index contributed by atoms with van der Waals surface area (Å²) in [5.74, 6) is -0.609. The van der Waals surface area contributed by atoms with Gasteiger partial charge in [-0.15, -0.1) is 0 Å². The van der Waals surface area contributed by atoms with Crippen LogP contribution in [-0.2, 0) is 21.5 Å². The Morgan fingerprint density at radius 2 is 1.89 bits per heavy atom. The highest BCUT2D eigenvalue weighted by atomic mass is 32.2. The average Bonchev–Trinajstić information content (AvgIpc) is 2.38. The number of carbonyl (C=O) groups excluding carboxylic acids is 1. The number of hydrogen-bond donors (Lipinski definition) is 1. The highest BCUT2D eigenvalue weighted by molar-refractivity contribution is 7.87. The summed E-state index contributed by atoms with van der Waals surface area (Å²) in [5.41, 5.74) is 1.21. The molecule has 1 amide bonds. The van der Waals surface area contributed by atoms with Gasteiger partial charge in [-0.3, -0.25) is 4.79 Å². The van der Waals surface area contributed by atoms with Gasteiger partial charge in [-0.2, -0.15) is 12.7 Å². The van der Waals surface area contributed by atoms with Gasteiger partial charge < -0.3 is 0 Å². The van der Waals surface area contributed by atoms with Crippen LogP contribution in [0.5, 0.6) is 0 Å². The number of allylic oxidation sites excluding steroid dienone is 1. The lowest BCUT2D eigenvalue weighted by atomic mass is 10.2. The predicted octanol–water partition coefficient (Wildman–Crippen LogP) is 1.45. The van der Waals surface area contributed by atoms with Gasteiger partial charge in [-0.1, -0.05) is 36.4 Å². The lowest BCUT2D eigenvalue weighted by molar-refractivity contribution is -0.115. The summed E-state index contributed by atoms with van der Waals surface area (Å²) in [5, 5.41) is 0. The van der Waals surface area contributed by atoms with Crippen molar-refractivity contribution in [2.75, 3.05) is 7.05 Å². The molecule has 0 saturated carbocycles. The van der Waals surface area contributed by atoms with Crippen molar-refractivity contribution in [3.8, 4) is 0 Å². The van der Waals surface area contributed by atoms with E-state index in [9.17, 15) is 13.2 Å². The van der Waals surface area contributed by atoms with E-state index in [1.807, 2.05) is 35.1 Å². The molecule has 104 valence electrons. The third kappa shape index (κ3) is 4.50. The molecule has 0 aromatic heterocycles. The quantitative estimate of drug-likeness (QED) is 0.831. The molecule has 0 unspecified atom stereocenters. The Labute approximate surface area is 114 Å². The maximum absolute atomic E-state index is 11.9. The van der Waals surface area contributed by atoms with E-state index in [-0.39, 0.29) is 6.54 Å². The standard InChI is InChI=1S/C13H18N2O3S/c1-4-11(2)13(16)14-19(17,18)15(3)10-12-8-6-5-7-9-12/h4-9H,10H2,1-3H3,(H,14,16). The Balaban J connectivity index is 2.75. The van der Waals surface area contributed by atoms with Crippen molar-refractivity contribution in [3.05, 3.63) is 47.5 Å². The second-order valence-corrected chi connectivity index (χ2v) is 5.93. The van der Waals surface area contributed by atoms with Gasteiger partial charge in [0.25, 0.3) is 5.91 Å². The number of nitrogens with zero attached hydrogens (tertiary/aromatic N) is 1. The molecule has 1 rings (SSSR count). The molecule has 0 aliphatic carbocycles. The number of nitrogens with one attached hydrogen (secondary N) is 1. The largest absolute Gasteiger partial charge is 0.304 e. The van der Waals surface area contributed by atoms with Crippen LogP contribution in [0.15, 0.2) is 42.0 Å². The van der Waals surface area contributed by atoms with Gasteiger partial charge in [0.2, 0.25) is 0 Å². The van der Waals surface area contributed by atoms with Gasteiger partial charge in [-0.05, 0) is 19.4 Å². The number of carbonyl (C=O) groups is 1. The molecule has 1 aromatic rings. The average molecular weight is 282 g/mol. The number of benzene rings is 1. The van der Waals surface area contributed by atoms with Gasteiger partial charge in [-0.25, -0.2) is 4.72 Å². The molecule has 0 saturated heterocycles. The monoisotopic (exact) mass is 282 g/mol. The molecule has 0 atom stereocenters. The number of rotatable bonds is 5. The van der Waals surface area contributed by atoms with Crippen LogP contribution in [0.4, 0.5) is 0 Å². The van der Waals surface area contributed by atoms with E-state index in [0.29, 0.717) is 5.57 Å². The fourth-order valence-corrected chi connectivity index (χ4v) is 2.20. The fraction of sp³-hybridized carbons (Fsp3) is 0.308. The lowest BCUT2D eigenvalue weighted by Gasteiger charge is -2.17. The van der Waals surface area contributed by atoms with E-state index in [2.05, 4.69) is 0 Å². The summed E-state index contributed by atoms with van der Waals surface area (Å²) in [6.07, 6.45) is 1.56. The van der Waals surface area contributed by atoms with Crippen LogP contribution in [0, 0.1) is 0 Å². The molecule has 1 aromatic carbocycles. The summed E-state index contributed by atoms with van der Waals surface area (Å²) in [6, 6.07) is 9.17. The van der Waals surface area contributed by atoms with E-state index in [1.54, 1.807) is 19.9 Å². The Kier molecular flexibility index (Phi) is 5.26. The minimum atomic E-state index is -3.82. The summed E-state index contributed by atoms with van der Waals surface area (Å²) in [4.78, 5) is 11.6. The van der Waals surface area contributed by atoms with Crippen molar-refractivity contribution in [2.45, 2.75) is 20.4 Å². The van der Waals surface area contributed by atoms with E-state index in [0.717, 1.165) is 9.87 Å². The molecule has 0 radical (unpaired) electrons. The molecule has 0 fully saturated rings. The molecule has 19 heavy (non-hydrogen) atoms. The number of amides is 1. The predicted molar refractivity (Wildman–Crippen MR) is 74.4 cm³/mol. The molecule has 5 nitrogen and oxygen atoms in total. The summed E-state index contributed by atoms with van der Waals surface area (Å²) in [7, 11) is -2.40. The Morgan fingerprint density at radius 3 is 2.42 bits per heavy atom. The van der Waals surface area contributed by atoms with E-state index >= 15 is 0 Å². The van der Waals surface area contributed by atoms with Crippen molar-refractivity contribution in [3.63, 3.8) is 0 Å². The first-order chi connectivity index (χ1) is 8.86. The molecule has 0 bridgehead atoms. The molecular weight excluding hydrogens is 264 g/mol. The van der Waals surface area contributed by atoms with Crippen molar-refractivity contribution in [1.82, 2.24) is 9.03 Å². The zero-order chi connectivity index (χ0) is 14.5. The van der Waals surface area contributed by atoms with Crippen molar-refractivity contribution in [1.29, 1.82) is 0 Å². The van der Waals surface area contributed by atoms with Crippen LogP contribution in [0.1, 0.15) is 19.4 Å². The normalized spacial score (nSPS) is 12.5. The summed E-state index contributed by atoms with van der Waals surface area (Å²) < 4.78 is 27.0. The van der Waals surface area contributed by atoms with Gasteiger partial charge in [0.15, 0.2) is 0 Å². The first-order valence-corrected chi connectivity index (χ1v) is 7.26. The third-order valence-electron chi connectivity index (χ3n) is 2.67. The second kappa shape index (κ2) is 6.49. The topological polar surface area (TPSA) is 66.5 Å². The van der Waals surface area contributed by atoms with Gasteiger partial charge >= 0.3 is 10.2 Å². The molecule has 1 N–H and O–H groups in total. The van der Waals surface area contributed by atoms with Gasteiger partial charge in [0.1, 0.15) is 0 Å². The van der Waals surface area contributed by atoms with E-state index in [1.165, 1.54) is 7.05 Å². The molecule has 0 aliphatic heterocycles. The molecule has 0 heterocycles. The third-order valence-corrected chi connectivity index (χ3v) is 4.06. The van der Waals surface area contributed by atoms with Gasteiger partial charge in [0.05, 0.1) is 0 Å². The maximum atomic E-state index is 11.9. The Bertz CT molecular complexity index is 565. The van der Waals surface area contributed by atoms with Crippen molar-refractivity contribution >= 4 is 16.1 Å². The summed E-state index contributed by atoms with van der Waals surface area (Å²) in [6.45, 7) is 3.44. The molecule has 0 spiro atoms. The molecule has 6 heteroatoms. The zero-order valence-corrected chi connectivity index (χ0v) is 12.1. The number of hydrogen-bond acceptors (Lipinski definition) is 3. The first-order valence-electron chi connectivity index (χ1n) is 5.82. The van der Waals surface area contributed by atoms with Crippen molar-refractivity contribution < 1.29 is 13.2 Å². The summed E-state index contributed by atoms with van der Waals surface area (Å²) >= 11 is 0. The molecule has 0 aliphatic rings. The van der Waals surface area contributed by atoms with Crippen molar-refractivity contribution in [2.24, 2.45) is 0 Å². The Hall–Kier alpha value is -1.66. The highest BCUT2D eigenvalue weighted by Gasteiger charge is 2.20. The maximum Gasteiger partial charge on any atom is 0.304 e.